The lowest BCUT2D eigenvalue weighted by Crippen LogP contribution is -1.97. The summed E-state index contributed by atoms with van der Waals surface area (Å²) in [4.78, 5) is 8.85. The van der Waals surface area contributed by atoms with E-state index in [1.807, 2.05) is 13.1 Å². The van der Waals surface area contributed by atoms with Gasteiger partial charge in [-0.05, 0) is 24.1 Å². The van der Waals surface area contributed by atoms with Gasteiger partial charge >= 0.3 is 0 Å². The Bertz CT molecular complexity index is 477. The second kappa shape index (κ2) is 3.85. The Kier molecular flexibility index (Phi) is 2.54. The molecule has 0 bridgehead atoms. The molecule has 0 aliphatic heterocycles. The van der Waals surface area contributed by atoms with E-state index < -0.39 is 0 Å². The van der Waals surface area contributed by atoms with Crippen molar-refractivity contribution >= 4 is 16.7 Å². The summed E-state index contributed by atoms with van der Waals surface area (Å²) in [6, 6.07) is 6.09. The van der Waals surface area contributed by atoms with Crippen LogP contribution in [0.2, 0.25) is 0 Å². The molecule has 0 unspecified atom stereocenters. The molecule has 2 aromatic rings. The normalized spacial score (nSPS) is 10.9. The molecule has 0 saturated carbocycles. The molecular weight excluding hydrogens is 186 g/mol. The van der Waals surface area contributed by atoms with Crippen LogP contribution in [-0.2, 0) is 0 Å². The van der Waals surface area contributed by atoms with Crippen molar-refractivity contribution in [1.82, 2.24) is 9.97 Å². The van der Waals surface area contributed by atoms with Gasteiger partial charge in [0, 0.05) is 24.3 Å². The van der Waals surface area contributed by atoms with Crippen LogP contribution < -0.4 is 5.32 Å². The average molecular weight is 201 g/mol. The lowest BCUT2D eigenvalue weighted by atomic mass is 10.1. The molecular formula is C12H15N3. The van der Waals surface area contributed by atoms with E-state index in [4.69, 9.17) is 0 Å². The Hall–Kier alpha value is -1.64. The molecule has 2 aromatic heterocycles. The van der Waals surface area contributed by atoms with Crippen LogP contribution >= 0.6 is 0 Å². The van der Waals surface area contributed by atoms with Crippen LogP contribution in [0.5, 0.6) is 0 Å². The minimum atomic E-state index is 0.459. The molecule has 0 radical (unpaired) electrons. The lowest BCUT2D eigenvalue weighted by Gasteiger charge is -2.08. The van der Waals surface area contributed by atoms with E-state index in [9.17, 15) is 0 Å². The average Bonchev–Trinajstić information content (AvgIpc) is 2.27. The van der Waals surface area contributed by atoms with Crippen molar-refractivity contribution in [2.45, 2.75) is 19.8 Å². The highest BCUT2D eigenvalue weighted by Crippen LogP contribution is 2.21. The Balaban J connectivity index is 2.63. The molecule has 0 aromatic carbocycles. The summed E-state index contributed by atoms with van der Waals surface area (Å²) in [5, 5.41) is 4.14. The third-order valence-electron chi connectivity index (χ3n) is 2.47. The van der Waals surface area contributed by atoms with E-state index in [1.165, 1.54) is 0 Å². The maximum atomic E-state index is 4.60. The van der Waals surface area contributed by atoms with Gasteiger partial charge in [-0.3, -0.25) is 4.98 Å². The van der Waals surface area contributed by atoms with E-state index in [2.05, 4.69) is 41.3 Å². The molecule has 15 heavy (non-hydrogen) atoms. The Morgan fingerprint density at radius 3 is 2.67 bits per heavy atom. The second-order valence-electron chi connectivity index (χ2n) is 3.87. The van der Waals surface area contributed by atoms with Gasteiger partial charge in [0.25, 0.3) is 0 Å². The van der Waals surface area contributed by atoms with Gasteiger partial charge in [0.05, 0.1) is 5.52 Å². The first kappa shape index (κ1) is 9.90. The summed E-state index contributed by atoms with van der Waals surface area (Å²) in [6.07, 6.45) is 1.78. The van der Waals surface area contributed by atoms with Crippen molar-refractivity contribution in [2.24, 2.45) is 0 Å². The molecule has 1 N–H and O–H groups in total. The van der Waals surface area contributed by atoms with Crippen molar-refractivity contribution in [3.63, 3.8) is 0 Å². The first-order chi connectivity index (χ1) is 7.22. The standard InChI is InChI=1S/C12H15N3/c1-8(2)10-5-4-9-11(15-10)6-7-14-12(9)13-3/h4-8H,1-3H3,(H,13,14). The van der Waals surface area contributed by atoms with E-state index >= 15 is 0 Å². The van der Waals surface area contributed by atoms with Gasteiger partial charge in [0.2, 0.25) is 0 Å². The van der Waals surface area contributed by atoms with Gasteiger partial charge in [-0.25, -0.2) is 4.98 Å². The summed E-state index contributed by atoms with van der Waals surface area (Å²) in [6.45, 7) is 4.29. The van der Waals surface area contributed by atoms with Crippen molar-refractivity contribution in [3.8, 4) is 0 Å². The first-order valence-electron chi connectivity index (χ1n) is 5.16. The number of nitrogens with one attached hydrogen (secondary N) is 1. The number of hydrogen-bond acceptors (Lipinski definition) is 3. The van der Waals surface area contributed by atoms with Crippen molar-refractivity contribution in [3.05, 3.63) is 30.1 Å². The van der Waals surface area contributed by atoms with Gasteiger partial charge in [-0.2, -0.15) is 0 Å². The van der Waals surface area contributed by atoms with Crippen LogP contribution in [0, 0.1) is 0 Å². The molecule has 0 fully saturated rings. The van der Waals surface area contributed by atoms with Crippen LogP contribution in [-0.4, -0.2) is 17.0 Å². The predicted molar refractivity (Wildman–Crippen MR) is 63.2 cm³/mol. The fourth-order valence-electron chi connectivity index (χ4n) is 1.59. The highest BCUT2D eigenvalue weighted by Gasteiger charge is 2.05. The van der Waals surface area contributed by atoms with E-state index in [1.54, 1.807) is 6.20 Å². The molecule has 0 aliphatic rings. The van der Waals surface area contributed by atoms with Crippen LogP contribution in [0.4, 0.5) is 5.82 Å². The summed E-state index contributed by atoms with van der Waals surface area (Å²) >= 11 is 0. The zero-order valence-corrected chi connectivity index (χ0v) is 9.28. The number of anilines is 1. The molecule has 2 heterocycles. The molecule has 3 nitrogen and oxygen atoms in total. The maximum absolute atomic E-state index is 4.60. The van der Waals surface area contributed by atoms with Crippen molar-refractivity contribution < 1.29 is 0 Å². The molecule has 0 aliphatic carbocycles. The molecule has 0 amide bonds. The molecule has 0 spiro atoms. The highest BCUT2D eigenvalue weighted by atomic mass is 15.0. The number of nitrogens with zero attached hydrogens (tertiary/aromatic N) is 2. The molecule has 3 heteroatoms. The number of fused-ring (bicyclic) bond motifs is 1. The van der Waals surface area contributed by atoms with Gasteiger partial charge in [-0.15, -0.1) is 0 Å². The minimum absolute atomic E-state index is 0.459. The third kappa shape index (κ3) is 1.77. The van der Waals surface area contributed by atoms with Crippen molar-refractivity contribution in [1.29, 1.82) is 0 Å². The monoisotopic (exact) mass is 201 g/mol. The summed E-state index contributed by atoms with van der Waals surface area (Å²) in [5.41, 5.74) is 2.12. The fourth-order valence-corrected chi connectivity index (χ4v) is 1.59. The second-order valence-corrected chi connectivity index (χ2v) is 3.87. The Morgan fingerprint density at radius 1 is 1.20 bits per heavy atom. The number of aromatic nitrogens is 2. The van der Waals surface area contributed by atoms with Crippen LogP contribution in [0.25, 0.3) is 10.9 Å². The molecule has 0 atom stereocenters. The van der Waals surface area contributed by atoms with Gasteiger partial charge in [0.1, 0.15) is 5.82 Å². The largest absolute Gasteiger partial charge is 0.373 e. The maximum Gasteiger partial charge on any atom is 0.135 e. The van der Waals surface area contributed by atoms with E-state index in [0.717, 1.165) is 22.4 Å². The van der Waals surface area contributed by atoms with Gasteiger partial charge < -0.3 is 5.32 Å². The fraction of sp³-hybridized carbons (Fsp3) is 0.333. The predicted octanol–water partition coefficient (Wildman–Crippen LogP) is 2.79. The zero-order chi connectivity index (χ0) is 10.8. The van der Waals surface area contributed by atoms with Gasteiger partial charge in [0.15, 0.2) is 0 Å². The SMILES string of the molecule is CNc1nccc2nc(C(C)C)ccc12. The van der Waals surface area contributed by atoms with Crippen LogP contribution in [0.15, 0.2) is 24.4 Å². The summed E-state index contributed by atoms with van der Waals surface area (Å²) in [5.74, 6) is 1.34. The van der Waals surface area contributed by atoms with E-state index in [0.29, 0.717) is 5.92 Å². The lowest BCUT2D eigenvalue weighted by molar-refractivity contribution is 0.830. The Morgan fingerprint density at radius 2 is 2.00 bits per heavy atom. The minimum Gasteiger partial charge on any atom is -0.373 e. The van der Waals surface area contributed by atoms with Crippen molar-refractivity contribution in [2.75, 3.05) is 12.4 Å². The first-order valence-corrected chi connectivity index (χ1v) is 5.16. The smallest absolute Gasteiger partial charge is 0.135 e. The van der Waals surface area contributed by atoms with Gasteiger partial charge in [-0.1, -0.05) is 13.8 Å². The quantitative estimate of drug-likeness (QED) is 0.811. The van der Waals surface area contributed by atoms with E-state index in [-0.39, 0.29) is 0 Å². The summed E-state index contributed by atoms with van der Waals surface area (Å²) < 4.78 is 0. The van der Waals surface area contributed by atoms with Crippen LogP contribution in [0.3, 0.4) is 0 Å². The number of rotatable bonds is 2. The zero-order valence-electron chi connectivity index (χ0n) is 9.28. The number of hydrogen-bond donors (Lipinski definition) is 1. The molecule has 78 valence electrons. The topological polar surface area (TPSA) is 37.8 Å². The molecule has 0 saturated heterocycles. The number of pyridine rings is 2. The highest BCUT2D eigenvalue weighted by molar-refractivity contribution is 5.88. The third-order valence-corrected chi connectivity index (χ3v) is 2.47. The van der Waals surface area contributed by atoms with Crippen LogP contribution in [0.1, 0.15) is 25.5 Å². The summed E-state index contributed by atoms with van der Waals surface area (Å²) in [7, 11) is 1.87. The molecule has 2 rings (SSSR count). The Labute approximate surface area is 89.6 Å².